The number of hydrogen-bond donors (Lipinski definition) is 1. The summed E-state index contributed by atoms with van der Waals surface area (Å²) in [4.78, 5) is 4.62. The number of hydrogen-bond acceptors (Lipinski definition) is 5. The third-order valence-corrected chi connectivity index (χ3v) is 5.15. The van der Waals surface area contributed by atoms with E-state index in [4.69, 9.17) is 4.74 Å². The van der Waals surface area contributed by atoms with Gasteiger partial charge in [-0.3, -0.25) is 0 Å². The lowest BCUT2D eigenvalue weighted by Gasteiger charge is -2.07. The fourth-order valence-electron chi connectivity index (χ4n) is 2.68. The number of ether oxygens (including phenoxy) is 1. The third-order valence-electron chi connectivity index (χ3n) is 4.28. The van der Waals surface area contributed by atoms with E-state index in [0.29, 0.717) is 23.1 Å². The molecular weight excluding hydrogens is 366 g/mol. The molecule has 0 bridgehead atoms. The molecule has 0 aliphatic heterocycles. The van der Waals surface area contributed by atoms with E-state index in [9.17, 15) is 5.26 Å². The quantitative estimate of drug-likeness (QED) is 0.481. The molecule has 2 aromatic carbocycles. The van der Waals surface area contributed by atoms with Gasteiger partial charge in [0.1, 0.15) is 22.4 Å². The summed E-state index contributed by atoms with van der Waals surface area (Å²) in [7, 11) is 0. The SMILES string of the molecule is CCOc1ccc(-c2csc(/C(C#N)=C\Nc3ccc(C(C)C)cc3)n2)cc1. The number of nitriles is 1. The summed E-state index contributed by atoms with van der Waals surface area (Å²) < 4.78 is 5.47. The Morgan fingerprint density at radius 2 is 1.89 bits per heavy atom. The zero-order valence-electron chi connectivity index (χ0n) is 16.3. The number of benzene rings is 2. The van der Waals surface area contributed by atoms with E-state index in [2.05, 4.69) is 42.4 Å². The maximum absolute atomic E-state index is 9.54. The molecule has 28 heavy (non-hydrogen) atoms. The van der Waals surface area contributed by atoms with Gasteiger partial charge in [0.15, 0.2) is 0 Å². The van der Waals surface area contributed by atoms with Crippen LogP contribution in [0.15, 0.2) is 60.1 Å². The Hall–Kier alpha value is -3.10. The van der Waals surface area contributed by atoms with Crippen LogP contribution in [0, 0.1) is 11.3 Å². The first-order chi connectivity index (χ1) is 13.6. The zero-order valence-corrected chi connectivity index (χ0v) is 17.1. The van der Waals surface area contributed by atoms with Gasteiger partial charge in [-0.15, -0.1) is 11.3 Å². The highest BCUT2D eigenvalue weighted by Gasteiger charge is 2.09. The van der Waals surface area contributed by atoms with Gasteiger partial charge in [-0.2, -0.15) is 5.26 Å². The van der Waals surface area contributed by atoms with Crippen molar-refractivity contribution in [3.63, 3.8) is 0 Å². The zero-order chi connectivity index (χ0) is 19.9. The Kier molecular flexibility index (Phi) is 6.46. The molecule has 1 N–H and O–H groups in total. The second-order valence-corrected chi connectivity index (χ2v) is 7.44. The topological polar surface area (TPSA) is 57.9 Å². The van der Waals surface area contributed by atoms with Crippen LogP contribution in [-0.2, 0) is 0 Å². The van der Waals surface area contributed by atoms with Gasteiger partial charge in [-0.25, -0.2) is 4.98 Å². The van der Waals surface area contributed by atoms with E-state index < -0.39 is 0 Å². The highest BCUT2D eigenvalue weighted by molar-refractivity contribution is 7.11. The van der Waals surface area contributed by atoms with Crippen molar-refractivity contribution in [2.75, 3.05) is 11.9 Å². The van der Waals surface area contributed by atoms with Crippen molar-refractivity contribution in [3.05, 3.63) is 70.7 Å². The molecular formula is C23H23N3OS. The lowest BCUT2D eigenvalue weighted by Crippen LogP contribution is -1.93. The highest BCUT2D eigenvalue weighted by Crippen LogP contribution is 2.27. The monoisotopic (exact) mass is 389 g/mol. The molecule has 3 rings (SSSR count). The molecule has 1 heterocycles. The van der Waals surface area contributed by atoms with Crippen molar-refractivity contribution < 1.29 is 4.74 Å². The smallest absolute Gasteiger partial charge is 0.136 e. The summed E-state index contributed by atoms with van der Waals surface area (Å²) in [5.74, 6) is 1.34. The lowest BCUT2D eigenvalue weighted by molar-refractivity contribution is 0.340. The minimum Gasteiger partial charge on any atom is -0.494 e. The molecule has 142 valence electrons. The van der Waals surface area contributed by atoms with Crippen molar-refractivity contribution in [1.82, 2.24) is 4.98 Å². The lowest BCUT2D eigenvalue weighted by atomic mass is 10.0. The van der Waals surface area contributed by atoms with Crippen LogP contribution in [0.5, 0.6) is 5.75 Å². The average Bonchev–Trinajstić information content (AvgIpc) is 3.20. The maximum Gasteiger partial charge on any atom is 0.136 e. The number of thiazole rings is 1. The van der Waals surface area contributed by atoms with Crippen LogP contribution in [0.1, 0.15) is 37.3 Å². The summed E-state index contributed by atoms with van der Waals surface area (Å²) in [6.07, 6.45) is 1.71. The van der Waals surface area contributed by atoms with Crippen molar-refractivity contribution in [1.29, 1.82) is 5.26 Å². The van der Waals surface area contributed by atoms with Gasteiger partial charge in [0.05, 0.1) is 12.3 Å². The molecule has 0 radical (unpaired) electrons. The molecule has 3 aromatic rings. The third kappa shape index (κ3) is 4.79. The molecule has 0 fully saturated rings. The molecule has 1 aromatic heterocycles. The Morgan fingerprint density at radius 3 is 2.50 bits per heavy atom. The van der Waals surface area contributed by atoms with E-state index >= 15 is 0 Å². The molecule has 0 aliphatic carbocycles. The summed E-state index contributed by atoms with van der Waals surface area (Å²) in [6.45, 7) is 6.94. The summed E-state index contributed by atoms with van der Waals surface area (Å²) in [5, 5.41) is 15.4. The number of nitrogens with zero attached hydrogens (tertiary/aromatic N) is 2. The van der Waals surface area contributed by atoms with Gasteiger partial charge in [-0.05, 0) is 54.8 Å². The standard InChI is InChI=1S/C23H23N3OS/c1-4-27-21-11-7-18(8-12-21)22-15-28-23(26-22)19(13-24)14-25-20-9-5-17(6-10-20)16(2)3/h5-12,14-16,25H,4H2,1-3H3/b19-14-. The normalized spacial score (nSPS) is 11.3. The molecule has 0 saturated heterocycles. The fourth-order valence-corrected chi connectivity index (χ4v) is 3.47. The van der Waals surface area contributed by atoms with Crippen LogP contribution in [0.4, 0.5) is 5.69 Å². The Bertz CT molecular complexity index is 980. The molecule has 0 unspecified atom stereocenters. The minimum atomic E-state index is 0.496. The second kappa shape index (κ2) is 9.20. The number of rotatable bonds is 7. The predicted molar refractivity (Wildman–Crippen MR) is 116 cm³/mol. The van der Waals surface area contributed by atoms with Crippen LogP contribution in [0.25, 0.3) is 16.8 Å². The fraction of sp³-hybridized carbons (Fsp3) is 0.217. The van der Waals surface area contributed by atoms with Crippen LogP contribution < -0.4 is 10.1 Å². The number of allylic oxidation sites excluding steroid dienone is 1. The van der Waals surface area contributed by atoms with Gasteiger partial charge in [-0.1, -0.05) is 26.0 Å². The van der Waals surface area contributed by atoms with E-state index in [1.807, 2.05) is 48.7 Å². The first-order valence-electron chi connectivity index (χ1n) is 9.26. The summed E-state index contributed by atoms with van der Waals surface area (Å²) in [5.41, 5.74) is 4.59. The molecule has 0 aliphatic rings. The molecule has 0 amide bonds. The first-order valence-corrected chi connectivity index (χ1v) is 10.1. The van der Waals surface area contributed by atoms with Crippen LogP contribution in [-0.4, -0.2) is 11.6 Å². The number of nitrogens with one attached hydrogen (secondary N) is 1. The van der Waals surface area contributed by atoms with Crippen molar-refractivity contribution in [2.45, 2.75) is 26.7 Å². The predicted octanol–water partition coefficient (Wildman–Crippen LogP) is 6.31. The van der Waals surface area contributed by atoms with Crippen molar-refractivity contribution >= 4 is 22.6 Å². The Balaban J connectivity index is 1.74. The highest BCUT2D eigenvalue weighted by atomic mass is 32.1. The molecule has 5 heteroatoms. The van der Waals surface area contributed by atoms with Crippen LogP contribution in [0.3, 0.4) is 0 Å². The van der Waals surface area contributed by atoms with Crippen molar-refractivity contribution in [3.8, 4) is 23.1 Å². The minimum absolute atomic E-state index is 0.496. The van der Waals surface area contributed by atoms with Crippen LogP contribution >= 0.6 is 11.3 Å². The van der Waals surface area contributed by atoms with Gasteiger partial charge in [0.25, 0.3) is 0 Å². The van der Waals surface area contributed by atoms with Gasteiger partial charge in [0.2, 0.25) is 0 Å². The Morgan fingerprint density at radius 1 is 1.18 bits per heavy atom. The molecule has 4 nitrogen and oxygen atoms in total. The van der Waals surface area contributed by atoms with E-state index in [-0.39, 0.29) is 0 Å². The largest absolute Gasteiger partial charge is 0.494 e. The van der Waals surface area contributed by atoms with Crippen molar-refractivity contribution in [2.24, 2.45) is 0 Å². The average molecular weight is 390 g/mol. The van der Waals surface area contributed by atoms with Crippen LogP contribution in [0.2, 0.25) is 0 Å². The first kappa shape index (κ1) is 19.7. The van der Waals surface area contributed by atoms with E-state index in [0.717, 1.165) is 22.7 Å². The molecule has 0 atom stereocenters. The van der Waals surface area contributed by atoms with E-state index in [1.165, 1.54) is 16.9 Å². The molecule has 0 spiro atoms. The maximum atomic E-state index is 9.54. The van der Waals surface area contributed by atoms with Gasteiger partial charge >= 0.3 is 0 Å². The number of aromatic nitrogens is 1. The summed E-state index contributed by atoms with van der Waals surface area (Å²) >= 11 is 1.46. The van der Waals surface area contributed by atoms with E-state index in [1.54, 1.807) is 6.20 Å². The number of anilines is 1. The van der Waals surface area contributed by atoms with Gasteiger partial charge < -0.3 is 10.1 Å². The summed E-state index contributed by atoms with van der Waals surface area (Å²) in [6, 6.07) is 18.3. The van der Waals surface area contributed by atoms with Gasteiger partial charge in [0, 0.05) is 22.8 Å². The second-order valence-electron chi connectivity index (χ2n) is 6.59. The molecule has 0 saturated carbocycles. The Labute approximate surface area is 170 Å².